The predicted molar refractivity (Wildman–Crippen MR) is 203 cm³/mol. The van der Waals surface area contributed by atoms with Crippen LogP contribution >= 0.6 is 27.3 Å². The summed E-state index contributed by atoms with van der Waals surface area (Å²) in [5.74, 6) is -4.73. The van der Waals surface area contributed by atoms with Crippen LogP contribution in [-0.2, 0) is 63.7 Å². The van der Waals surface area contributed by atoms with Gasteiger partial charge in [0.1, 0.15) is 19.3 Å². The van der Waals surface area contributed by atoms with E-state index in [0.717, 1.165) is 60.9 Å². The minimum atomic E-state index is -1.67. The van der Waals surface area contributed by atoms with Gasteiger partial charge in [0.25, 0.3) is 0 Å². The molecule has 1 amide bonds. The number of aromatic nitrogens is 1. The molecule has 17 nitrogen and oxygen atoms in total. The lowest BCUT2D eigenvalue weighted by Crippen LogP contribution is -2.54. The Bertz CT molecular complexity index is 2030. The van der Waals surface area contributed by atoms with Crippen molar-refractivity contribution in [3.05, 3.63) is 74.8 Å². The molecule has 4 rings (SSSR count). The van der Waals surface area contributed by atoms with Crippen molar-refractivity contribution in [3.8, 4) is 11.3 Å². The van der Waals surface area contributed by atoms with Crippen LogP contribution in [-0.4, -0.2) is 94.7 Å². The first-order valence-electron chi connectivity index (χ1n) is 17.0. The Labute approximate surface area is 334 Å². The fourth-order valence-corrected chi connectivity index (χ4v) is 6.63. The second-order valence-corrected chi connectivity index (χ2v) is 13.9. The van der Waals surface area contributed by atoms with Crippen LogP contribution in [0.25, 0.3) is 11.3 Å². The maximum absolute atomic E-state index is 13.0. The molecule has 19 heteroatoms. The van der Waals surface area contributed by atoms with Crippen LogP contribution in [0.2, 0.25) is 0 Å². The van der Waals surface area contributed by atoms with E-state index in [4.69, 9.17) is 28.4 Å². The summed E-state index contributed by atoms with van der Waals surface area (Å²) in [6, 6.07) is 17.0. The van der Waals surface area contributed by atoms with Crippen molar-refractivity contribution < 1.29 is 57.2 Å². The lowest BCUT2D eigenvalue weighted by atomic mass is 9.99. The molecule has 1 aliphatic heterocycles. The first-order chi connectivity index (χ1) is 26.6. The number of halogens is 1. The van der Waals surface area contributed by atoms with E-state index in [1.54, 1.807) is 10.8 Å². The molecule has 298 valence electrons. The molecular formula is C37H40BrN5O12S. The summed E-state index contributed by atoms with van der Waals surface area (Å²) in [6.45, 7) is 5.96. The van der Waals surface area contributed by atoms with Crippen LogP contribution in [0.15, 0.2) is 79.8 Å². The van der Waals surface area contributed by atoms with Gasteiger partial charge in [-0.05, 0) is 23.3 Å². The molecule has 1 aromatic heterocycles. The Morgan fingerprint density at radius 2 is 1.41 bits per heavy atom. The number of ether oxygens (including phenoxy) is 6. The molecule has 1 aliphatic rings. The van der Waals surface area contributed by atoms with Gasteiger partial charge in [-0.2, -0.15) is 10.1 Å². The summed E-state index contributed by atoms with van der Waals surface area (Å²) < 4.78 is 36.0. The quantitative estimate of drug-likeness (QED) is 0.0865. The molecule has 0 bridgehead atoms. The van der Waals surface area contributed by atoms with Gasteiger partial charge in [-0.3, -0.25) is 28.8 Å². The van der Waals surface area contributed by atoms with Crippen molar-refractivity contribution in [2.24, 2.45) is 15.3 Å². The first kappa shape index (κ1) is 43.0. The van der Waals surface area contributed by atoms with Gasteiger partial charge in [0, 0.05) is 57.8 Å². The molecule has 0 saturated carbocycles. The Morgan fingerprint density at radius 1 is 0.821 bits per heavy atom. The van der Waals surface area contributed by atoms with E-state index < -0.39 is 79.4 Å². The lowest BCUT2D eigenvalue weighted by Gasteiger charge is -2.36. The number of rotatable bonds is 16. The van der Waals surface area contributed by atoms with Crippen LogP contribution in [0.3, 0.4) is 0 Å². The minimum Gasteiger partial charge on any atom is -0.462 e. The Kier molecular flexibility index (Phi) is 15.6. The van der Waals surface area contributed by atoms with Gasteiger partial charge in [-0.25, -0.2) is 0 Å². The van der Waals surface area contributed by atoms with Gasteiger partial charge in [0.2, 0.25) is 22.8 Å². The van der Waals surface area contributed by atoms with E-state index in [0.29, 0.717) is 4.80 Å². The summed E-state index contributed by atoms with van der Waals surface area (Å²) in [5.41, 5.74) is 2.42. The number of esters is 5. The molecule has 2 heterocycles. The van der Waals surface area contributed by atoms with Crippen LogP contribution < -0.4 is 4.80 Å². The Hall–Kier alpha value is -5.69. The standard InChI is InChI=1S/C37H40BrN5O12S/c1-21(44)43-34(16-31(51-23(3)46)35(53-25(5)48)36(54-26(6)49)32(52-24(4)47)19-50-22(2)45)55-33(41-43)18-42-30(28-10-8-7-9-11-28)20-56-37(42)40-39-17-27-12-14-29(38)15-13-27/h7-15,17,20,31-32,34-36H,16,18-19H2,1-6H3/b39-17+,40-37-/t31-,32-,34?,35-,36-/m1/s1. The number of benzene rings is 2. The summed E-state index contributed by atoms with van der Waals surface area (Å²) in [5, 5.41) is 16.1. The van der Waals surface area contributed by atoms with E-state index in [2.05, 4.69) is 31.2 Å². The molecule has 5 atom stereocenters. The second-order valence-electron chi connectivity index (χ2n) is 12.2. The average molecular weight is 859 g/mol. The molecule has 0 aliphatic carbocycles. The van der Waals surface area contributed by atoms with Gasteiger partial charge in [-0.1, -0.05) is 58.4 Å². The van der Waals surface area contributed by atoms with E-state index in [-0.39, 0.29) is 12.4 Å². The van der Waals surface area contributed by atoms with Gasteiger partial charge < -0.3 is 33.0 Å². The third-order valence-electron chi connectivity index (χ3n) is 7.65. The maximum Gasteiger partial charge on any atom is 0.303 e. The zero-order chi connectivity index (χ0) is 40.9. The zero-order valence-electron chi connectivity index (χ0n) is 31.3. The summed E-state index contributed by atoms with van der Waals surface area (Å²) >= 11 is 4.73. The van der Waals surface area contributed by atoms with Crippen LogP contribution in [0.1, 0.15) is 53.5 Å². The monoisotopic (exact) mass is 857 g/mol. The molecule has 2 aromatic carbocycles. The van der Waals surface area contributed by atoms with Crippen molar-refractivity contribution >= 4 is 75.1 Å². The first-order valence-corrected chi connectivity index (χ1v) is 18.7. The van der Waals surface area contributed by atoms with Crippen molar-refractivity contribution in [1.29, 1.82) is 0 Å². The Balaban J connectivity index is 1.71. The lowest BCUT2D eigenvalue weighted by molar-refractivity contribution is -0.205. The third-order valence-corrected chi connectivity index (χ3v) is 9.03. The van der Waals surface area contributed by atoms with Gasteiger partial charge >= 0.3 is 29.8 Å². The van der Waals surface area contributed by atoms with E-state index >= 15 is 0 Å². The fourth-order valence-electron chi connectivity index (χ4n) is 5.50. The SMILES string of the molecule is CC(=O)OC[C@@H](OC(C)=O)[C@@H](OC(C)=O)[C@H](OC(C)=O)[C@@H](CC1OC(Cn2c(-c3ccccc3)cs/c2=N\N=C\c2ccc(Br)cc2)=NN1C(C)=O)OC(C)=O. The highest BCUT2D eigenvalue weighted by molar-refractivity contribution is 9.10. The summed E-state index contributed by atoms with van der Waals surface area (Å²) in [7, 11) is 0. The van der Waals surface area contributed by atoms with Crippen molar-refractivity contribution in [2.75, 3.05) is 6.61 Å². The van der Waals surface area contributed by atoms with E-state index in [1.165, 1.54) is 18.3 Å². The highest BCUT2D eigenvalue weighted by Gasteiger charge is 2.46. The molecular weight excluding hydrogens is 818 g/mol. The second kappa shape index (κ2) is 20.3. The number of amides is 1. The number of thiazole rings is 1. The third kappa shape index (κ3) is 12.7. The molecule has 0 radical (unpaired) electrons. The van der Waals surface area contributed by atoms with E-state index in [1.807, 2.05) is 60.0 Å². The zero-order valence-corrected chi connectivity index (χ0v) is 33.7. The van der Waals surface area contributed by atoms with Crippen LogP contribution in [0.5, 0.6) is 0 Å². The highest BCUT2D eigenvalue weighted by Crippen LogP contribution is 2.28. The van der Waals surface area contributed by atoms with Crippen LogP contribution in [0, 0.1) is 0 Å². The number of carbonyl (C=O) groups excluding carboxylic acids is 6. The Morgan fingerprint density at radius 3 is 1.98 bits per heavy atom. The van der Waals surface area contributed by atoms with Crippen molar-refractivity contribution in [1.82, 2.24) is 9.58 Å². The topological polar surface area (TPSA) is 203 Å². The van der Waals surface area contributed by atoms with Crippen LogP contribution in [0.4, 0.5) is 0 Å². The van der Waals surface area contributed by atoms with E-state index in [9.17, 15) is 28.8 Å². The van der Waals surface area contributed by atoms with Gasteiger partial charge in [0.15, 0.2) is 18.3 Å². The van der Waals surface area contributed by atoms with Crippen molar-refractivity contribution in [3.63, 3.8) is 0 Å². The molecule has 3 aromatic rings. The molecule has 0 spiro atoms. The molecule has 0 saturated heterocycles. The molecule has 0 fully saturated rings. The highest BCUT2D eigenvalue weighted by atomic mass is 79.9. The number of hydrogen-bond acceptors (Lipinski definition) is 16. The average Bonchev–Trinajstić information content (AvgIpc) is 3.72. The summed E-state index contributed by atoms with van der Waals surface area (Å²) in [6.07, 6.45) is -6.42. The minimum absolute atomic E-state index is 0.0285. The number of hydrogen-bond donors (Lipinski definition) is 0. The predicted octanol–water partition coefficient (Wildman–Crippen LogP) is 4.11. The largest absolute Gasteiger partial charge is 0.462 e. The maximum atomic E-state index is 13.0. The number of hydrazone groups is 1. The van der Waals surface area contributed by atoms with Gasteiger partial charge in [-0.15, -0.1) is 21.5 Å². The smallest absolute Gasteiger partial charge is 0.303 e. The summed E-state index contributed by atoms with van der Waals surface area (Å²) in [4.78, 5) is 74.7. The number of nitrogens with zero attached hydrogens (tertiary/aromatic N) is 5. The van der Waals surface area contributed by atoms with Crippen molar-refractivity contribution in [2.45, 2.75) is 85.2 Å². The number of carbonyl (C=O) groups is 6. The molecule has 1 unspecified atom stereocenters. The molecule has 0 N–H and O–H groups in total. The normalized spacial score (nSPS) is 16.2. The molecule has 56 heavy (non-hydrogen) atoms. The fraction of sp³-hybridized carbons (Fsp3) is 0.378. The van der Waals surface area contributed by atoms with Gasteiger partial charge in [0.05, 0.1) is 11.9 Å².